The number of carbonyl (C=O) groups is 1. The van der Waals surface area contributed by atoms with Gasteiger partial charge in [0.25, 0.3) is 0 Å². The molecule has 3 heterocycles. The van der Waals surface area contributed by atoms with Gasteiger partial charge in [0.2, 0.25) is 5.82 Å². The van der Waals surface area contributed by atoms with Gasteiger partial charge in [-0.05, 0) is 49.2 Å². The predicted molar refractivity (Wildman–Crippen MR) is 159 cm³/mol. The van der Waals surface area contributed by atoms with E-state index in [1.807, 2.05) is 26.0 Å². The van der Waals surface area contributed by atoms with Crippen LogP contribution in [0.4, 0.5) is 10.5 Å². The Kier molecular flexibility index (Phi) is 9.12. The highest BCUT2D eigenvalue weighted by molar-refractivity contribution is 6.42. The number of hydrogen-bond donors (Lipinski definition) is 1. The van der Waals surface area contributed by atoms with Gasteiger partial charge in [-0.1, -0.05) is 53.5 Å². The van der Waals surface area contributed by atoms with Crippen molar-refractivity contribution >= 4 is 40.6 Å². The SMILES string of the molecule is CC1=C(OC(=O)OCCCN2CCN(c3ccccc3)CC2)C(c2cccc(Cl)c2Cl)C(c2nnn(C)n2)=C(C)N1. The molecule has 3 aromatic rings. The highest BCUT2D eigenvalue weighted by Gasteiger charge is 2.37. The van der Waals surface area contributed by atoms with Crippen molar-refractivity contribution in [2.24, 2.45) is 7.05 Å². The van der Waals surface area contributed by atoms with Crippen LogP contribution in [0, 0.1) is 0 Å². The molecule has 1 unspecified atom stereocenters. The van der Waals surface area contributed by atoms with Gasteiger partial charge in [0.05, 0.1) is 35.3 Å². The molecule has 1 saturated heterocycles. The van der Waals surface area contributed by atoms with Crippen molar-refractivity contribution in [1.82, 2.24) is 30.4 Å². The van der Waals surface area contributed by atoms with Gasteiger partial charge in [0.15, 0.2) is 0 Å². The zero-order chi connectivity index (χ0) is 28.9. The third-order valence-corrected chi connectivity index (χ3v) is 8.10. The van der Waals surface area contributed by atoms with E-state index in [4.69, 9.17) is 32.7 Å². The predicted octanol–water partition coefficient (Wildman–Crippen LogP) is 5.23. The topological polar surface area (TPSA) is 97.6 Å². The Labute approximate surface area is 249 Å². The maximum atomic E-state index is 12.9. The second-order valence-corrected chi connectivity index (χ2v) is 10.8. The summed E-state index contributed by atoms with van der Waals surface area (Å²) in [4.78, 5) is 19.1. The van der Waals surface area contributed by atoms with Gasteiger partial charge in [-0.25, -0.2) is 4.79 Å². The molecule has 2 aromatic carbocycles. The molecule has 1 aromatic heterocycles. The molecule has 2 aliphatic rings. The number of anilines is 1. The highest BCUT2D eigenvalue weighted by Crippen LogP contribution is 2.46. The lowest BCUT2D eigenvalue weighted by Crippen LogP contribution is -2.46. The number of allylic oxidation sites excluding steroid dienone is 3. The standard InChI is InChI=1S/C29H33Cl2N7O3/c1-19-24(28-33-35-36(3)34-28)25(22-11-7-12-23(30)26(22)31)27(20(2)32-19)41-29(39)40-18-8-13-37-14-16-38(17-15-37)21-9-5-4-6-10-21/h4-7,9-12,25,32H,8,13-18H2,1-3H3. The van der Waals surface area contributed by atoms with Crippen LogP contribution in [-0.4, -0.2) is 70.6 Å². The number of halogens is 2. The number of nitrogens with zero attached hydrogens (tertiary/aromatic N) is 6. The Hall–Kier alpha value is -3.60. The van der Waals surface area contributed by atoms with Gasteiger partial charge in [-0.15, -0.1) is 10.2 Å². The lowest BCUT2D eigenvalue weighted by molar-refractivity contribution is 0.0696. The largest absolute Gasteiger partial charge is 0.513 e. The minimum Gasteiger partial charge on any atom is -0.434 e. The van der Waals surface area contributed by atoms with E-state index < -0.39 is 12.1 Å². The summed E-state index contributed by atoms with van der Waals surface area (Å²) in [5, 5.41) is 16.6. The Balaban J connectivity index is 1.22. The fraction of sp³-hybridized carbons (Fsp3) is 0.379. The molecule has 5 rings (SSSR count). The molecule has 12 heteroatoms. The molecular weight excluding hydrogens is 565 g/mol. The molecule has 1 fully saturated rings. The van der Waals surface area contributed by atoms with Crippen molar-refractivity contribution in [3.8, 4) is 0 Å². The van der Waals surface area contributed by atoms with Crippen LogP contribution in [0.3, 0.4) is 0 Å². The molecule has 1 atom stereocenters. The minimum atomic E-state index is -0.788. The van der Waals surface area contributed by atoms with E-state index in [2.05, 4.69) is 54.8 Å². The van der Waals surface area contributed by atoms with Crippen molar-refractivity contribution in [2.75, 3.05) is 44.2 Å². The molecule has 0 amide bonds. The summed E-state index contributed by atoms with van der Waals surface area (Å²) in [6, 6.07) is 15.8. The van der Waals surface area contributed by atoms with Crippen molar-refractivity contribution in [3.05, 3.63) is 87.1 Å². The Morgan fingerprint density at radius 2 is 1.78 bits per heavy atom. The molecule has 0 saturated carbocycles. The minimum absolute atomic E-state index is 0.244. The van der Waals surface area contributed by atoms with Gasteiger partial charge < -0.3 is 19.7 Å². The molecule has 2 aliphatic heterocycles. The first-order valence-corrected chi connectivity index (χ1v) is 14.3. The van der Waals surface area contributed by atoms with Crippen LogP contribution in [0.15, 0.2) is 65.7 Å². The summed E-state index contributed by atoms with van der Waals surface area (Å²) in [5.41, 5.74) is 4.00. The maximum Gasteiger partial charge on any atom is 0.513 e. The van der Waals surface area contributed by atoms with Gasteiger partial charge in [0, 0.05) is 49.7 Å². The molecule has 0 aliphatic carbocycles. The number of carbonyl (C=O) groups excluding carboxylic acids is 1. The number of para-hydroxylation sites is 1. The van der Waals surface area contributed by atoms with Crippen LogP contribution in [-0.2, 0) is 16.5 Å². The number of piperazine rings is 1. The second kappa shape index (κ2) is 12.9. The second-order valence-electron chi connectivity index (χ2n) is 10.0. The zero-order valence-corrected chi connectivity index (χ0v) is 24.8. The summed E-state index contributed by atoms with van der Waals surface area (Å²) >= 11 is 13.0. The van der Waals surface area contributed by atoms with Crippen LogP contribution < -0.4 is 10.2 Å². The number of aromatic nitrogens is 4. The summed E-state index contributed by atoms with van der Waals surface area (Å²) < 4.78 is 11.3. The van der Waals surface area contributed by atoms with Crippen LogP contribution in [0.5, 0.6) is 0 Å². The van der Waals surface area contributed by atoms with Crippen LogP contribution in [0.1, 0.15) is 37.6 Å². The number of rotatable bonds is 8. The van der Waals surface area contributed by atoms with Gasteiger partial charge in [-0.2, -0.15) is 4.80 Å². The number of hydrogen-bond acceptors (Lipinski definition) is 9. The van der Waals surface area contributed by atoms with E-state index in [1.165, 1.54) is 10.5 Å². The van der Waals surface area contributed by atoms with Crippen molar-refractivity contribution < 1.29 is 14.3 Å². The Morgan fingerprint density at radius 3 is 2.49 bits per heavy atom. The van der Waals surface area contributed by atoms with Gasteiger partial charge in [0.1, 0.15) is 5.76 Å². The van der Waals surface area contributed by atoms with Crippen LogP contribution >= 0.6 is 23.2 Å². The first-order chi connectivity index (χ1) is 19.8. The molecular formula is C29H33Cl2N7O3. The number of dihydropyridines is 1. The molecule has 10 nitrogen and oxygen atoms in total. The van der Waals surface area contributed by atoms with E-state index in [0.717, 1.165) is 38.4 Å². The molecule has 0 radical (unpaired) electrons. The summed E-state index contributed by atoms with van der Waals surface area (Å²) in [7, 11) is 1.68. The third-order valence-electron chi connectivity index (χ3n) is 7.27. The van der Waals surface area contributed by atoms with Gasteiger partial charge in [-0.3, -0.25) is 4.90 Å². The Morgan fingerprint density at radius 1 is 1.02 bits per heavy atom. The number of tetrazole rings is 1. The monoisotopic (exact) mass is 597 g/mol. The smallest absolute Gasteiger partial charge is 0.434 e. The quantitative estimate of drug-likeness (QED) is 0.276. The fourth-order valence-electron chi connectivity index (χ4n) is 5.27. The zero-order valence-electron chi connectivity index (χ0n) is 23.3. The number of nitrogens with one attached hydrogen (secondary N) is 1. The van der Waals surface area contributed by atoms with Crippen LogP contribution in [0.25, 0.3) is 5.57 Å². The van der Waals surface area contributed by atoms with E-state index in [-0.39, 0.29) is 6.61 Å². The Bertz CT molecular complexity index is 1450. The summed E-state index contributed by atoms with van der Waals surface area (Å²) in [6.07, 6.45) is -0.0853. The first kappa shape index (κ1) is 28.9. The van der Waals surface area contributed by atoms with Gasteiger partial charge >= 0.3 is 6.16 Å². The van der Waals surface area contributed by atoms with E-state index in [0.29, 0.717) is 44.9 Å². The average Bonchev–Trinajstić information content (AvgIpc) is 3.40. The lowest BCUT2D eigenvalue weighted by Gasteiger charge is -2.36. The maximum absolute atomic E-state index is 12.9. The van der Waals surface area contributed by atoms with E-state index >= 15 is 0 Å². The van der Waals surface area contributed by atoms with E-state index in [9.17, 15) is 4.79 Å². The molecule has 1 N–H and O–H groups in total. The first-order valence-electron chi connectivity index (χ1n) is 13.6. The summed E-state index contributed by atoms with van der Waals surface area (Å²) in [5.74, 6) is 0.109. The third kappa shape index (κ3) is 6.66. The van der Waals surface area contributed by atoms with Crippen molar-refractivity contribution in [1.29, 1.82) is 0 Å². The molecule has 41 heavy (non-hydrogen) atoms. The number of benzene rings is 2. The fourth-order valence-corrected chi connectivity index (χ4v) is 5.69. The lowest BCUT2D eigenvalue weighted by atomic mass is 9.84. The average molecular weight is 599 g/mol. The van der Waals surface area contributed by atoms with Crippen molar-refractivity contribution in [2.45, 2.75) is 26.2 Å². The normalized spacial score (nSPS) is 18.0. The van der Waals surface area contributed by atoms with Crippen LogP contribution in [0.2, 0.25) is 10.0 Å². The molecule has 0 spiro atoms. The number of aryl methyl sites for hydroxylation is 1. The number of ether oxygens (including phenoxy) is 2. The van der Waals surface area contributed by atoms with E-state index in [1.54, 1.807) is 19.2 Å². The highest BCUT2D eigenvalue weighted by atomic mass is 35.5. The van der Waals surface area contributed by atoms with Crippen molar-refractivity contribution in [3.63, 3.8) is 0 Å². The summed E-state index contributed by atoms with van der Waals surface area (Å²) in [6.45, 7) is 8.67. The molecule has 216 valence electrons. The molecule has 0 bridgehead atoms.